The largest absolute Gasteiger partial charge is 0.505 e. The van der Waals surface area contributed by atoms with Gasteiger partial charge in [0.2, 0.25) is 0 Å². The molecule has 0 bridgehead atoms. The molecule has 0 atom stereocenters. The number of nitriles is 1. The third-order valence-corrected chi connectivity index (χ3v) is 4.79. The maximum absolute atomic E-state index is 12.0. The predicted octanol–water partition coefficient (Wildman–Crippen LogP) is 3.67. The van der Waals surface area contributed by atoms with E-state index in [0.29, 0.717) is 10.3 Å². The SMILES string of the molecule is N#C/C(=C(/O)c1cccs1)c1nc(=O)c2ccccc2s1. The summed E-state index contributed by atoms with van der Waals surface area (Å²) in [6.45, 7) is 0. The fourth-order valence-electron chi connectivity index (χ4n) is 1.86. The standard InChI is InChI=1S/C15H8N2O2S2/c16-8-10(13(18)12-6-3-7-20-12)15-17-14(19)9-4-1-2-5-11(9)21-15/h1-7,18H/b13-10-. The number of aliphatic hydroxyl groups excluding tert-OH is 1. The first-order valence-corrected chi connectivity index (χ1v) is 7.68. The maximum atomic E-state index is 12.0. The zero-order valence-corrected chi connectivity index (χ0v) is 12.2. The van der Waals surface area contributed by atoms with Crippen molar-refractivity contribution in [1.29, 1.82) is 5.26 Å². The second kappa shape index (κ2) is 5.48. The van der Waals surface area contributed by atoms with Crippen LogP contribution < -0.4 is 5.56 Å². The Bertz CT molecular complexity index is 934. The van der Waals surface area contributed by atoms with Crippen molar-refractivity contribution in [3.8, 4) is 6.07 Å². The summed E-state index contributed by atoms with van der Waals surface area (Å²) >= 11 is 2.53. The van der Waals surface area contributed by atoms with Crippen LogP contribution in [0.1, 0.15) is 9.88 Å². The van der Waals surface area contributed by atoms with Crippen LogP contribution in [-0.4, -0.2) is 10.1 Å². The first-order valence-electron chi connectivity index (χ1n) is 5.98. The molecular weight excluding hydrogens is 304 g/mol. The van der Waals surface area contributed by atoms with Crippen LogP contribution >= 0.6 is 22.7 Å². The van der Waals surface area contributed by atoms with Crippen LogP contribution in [0.15, 0.2) is 46.6 Å². The van der Waals surface area contributed by atoms with Gasteiger partial charge in [-0.15, -0.1) is 22.7 Å². The van der Waals surface area contributed by atoms with E-state index in [-0.39, 0.29) is 16.3 Å². The Kier molecular flexibility index (Phi) is 3.52. The molecule has 1 N–H and O–H groups in total. The molecule has 2 aromatic heterocycles. The zero-order valence-electron chi connectivity index (χ0n) is 10.6. The van der Waals surface area contributed by atoms with Gasteiger partial charge < -0.3 is 5.11 Å². The van der Waals surface area contributed by atoms with Crippen molar-refractivity contribution in [2.45, 2.75) is 0 Å². The Morgan fingerprint density at radius 3 is 2.76 bits per heavy atom. The lowest BCUT2D eigenvalue weighted by atomic mass is 10.2. The number of benzene rings is 1. The van der Waals surface area contributed by atoms with Gasteiger partial charge in [-0.3, -0.25) is 4.79 Å². The van der Waals surface area contributed by atoms with E-state index < -0.39 is 5.56 Å². The summed E-state index contributed by atoms with van der Waals surface area (Å²) in [5, 5.41) is 22.1. The van der Waals surface area contributed by atoms with Crippen LogP contribution in [0.5, 0.6) is 0 Å². The molecule has 1 aromatic carbocycles. The van der Waals surface area contributed by atoms with Crippen LogP contribution in [0.4, 0.5) is 0 Å². The van der Waals surface area contributed by atoms with Gasteiger partial charge in [0.25, 0.3) is 5.56 Å². The highest BCUT2D eigenvalue weighted by Gasteiger charge is 2.15. The molecule has 0 fully saturated rings. The van der Waals surface area contributed by atoms with E-state index in [0.717, 1.165) is 4.70 Å². The molecular formula is C15H8N2O2S2. The third kappa shape index (κ3) is 2.44. The normalized spacial score (nSPS) is 12.0. The van der Waals surface area contributed by atoms with Crippen LogP contribution in [0.25, 0.3) is 21.4 Å². The lowest BCUT2D eigenvalue weighted by Gasteiger charge is -2.02. The van der Waals surface area contributed by atoms with E-state index in [1.165, 1.54) is 22.7 Å². The van der Waals surface area contributed by atoms with Crippen LogP contribution in [0.2, 0.25) is 0 Å². The van der Waals surface area contributed by atoms with Gasteiger partial charge in [0.05, 0.1) is 10.3 Å². The summed E-state index contributed by atoms with van der Waals surface area (Å²) in [6, 6.07) is 12.5. The van der Waals surface area contributed by atoms with E-state index in [1.54, 1.807) is 35.7 Å². The highest BCUT2D eigenvalue weighted by molar-refractivity contribution is 7.19. The second-order valence-electron chi connectivity index (χ2n) is 4.13. The minimum atomic E-state index is -0.397. The molecule has 21 heavy (non-hydrogen) atoms. The van der Waals surface area contributed by atoms with Crippen molar-refractivity contribution >= 4 is 44.1 Å². The van der Waals surface area contributed by atoms with Crippen molar-refractivity contribution in [2.24, 2.45) is 0 Å². The number of aromatic nitrogens is 1. The molecule has 0 saturated heterocycles. The molecule has 0 radical (unpaired) electrons. The monoisotopic (exact) mass is 312 g/mol. The maximum Gasteiger partial charge on any atom is 0.279 e. The minimum Gasteiger partial charge on any atom is -0.505 e. The number of fused-ring (bicyclic) bond motifs is 1. The van der Waals surface area contributed by atoms with E-state index in [2.05, 4.69) is 4.98 Å². The second-order valence-corrected chi connectivity index (χ2v) is 6.11. The average Bonchev–Trinajstić information content (AvgIpc) is 3.02. The summed E-state index contributed by atoms with van der Waals surface area (Å²) in [5.74, 6) is -0.147. The molecule has 0 aliphatic heterocycles. The van der Waals surface area contributed by atoms with E-state index in [4.69, 9.17) is 0 Å². The van der Waals surface area contributed by atoms with Gasteiger partial charge in [-0.2, -0.15) is 10.2 Å². The molecule has 0 amide bonds. The molecule has 0 aliphatic carbocycles. The predicted molar refractivity (Wildman–Crippen MR) is 85.3 cm³/mol. The van der Waals surface area contributed by atoms with Gasteiger partial charge in [0.15, 0.2) is 5.76 Å². The summed E-state index contributed by atoms with van der Waals surface area (Å²) in [6.07, 6.45) is 0. The molecule has 102 valence electrons. The molecule has 3 aromatic rings. The first-order chi connectivity index (χ1) is 10.2. The Balaban J connectivity index is 2.26. The molecule has 0 unspecified atom stereocenters. The topological polar surface area (TPSA) is 74.0 Å². The highest BCUT2D eigenvalue weighted by atomic mass is 32.1. The molecule has 3 rings (SSSR count). The number of aliphatic hydroxyl groups is 1. The minimum absolute atomic E-state index is 0.0188. The van der Waals surface area contributed by atoms with Crippen molar-refractivity contribution in [3.05, 3.63) is 62.0 Å². The summed E-state index contributed by atoms with van der Waals surface area (Å²) in [5.41, 5.74) is -0.378. The van der Waals surface area contributed by atoms with Gasteiger partial charge in [0, 0.05) is 4.70 Å². The van der Waals surface area contributed by atoms with Crippen molar-refractivity contribution in [1.82, 2.24) is 4.98 Å². The Morgan fingerprint density at radius 1 is 1.24 bits per heavy atom. The Morgan fingerprint density at radius 2 is 2.05 bits per heavy atom. The Labute approximate surface area is 127 Å². The van der Waals surface area contributed by atoms with Crippen molar-refractivity contribution in [3.63, 3.8) is 0 Å². The van der Waals surface area contributed by atoms with Crippen molar-refractivity contribution in [2.75, 3.05) is 0 Å². The summed E-state index contributed by atoms with van der Waals surface area (Å²) < 4.78 is 0.735. The molecule has 4 nitrogen and oxygen atoms in total. The number of nitrogens with zero attached hydrogens (tertiary/aromatic N) is 2. The smallest absolute Gasteiger partial charge is 0.279 e. The Hall–Kier alpha value is -2.49. The van der Waals surface area contributed by atoms with Gasteiger partial charge in [-0.25, -0.2) is 0 Å². The number of rotatable bonds is 2. The molecule has 0 spiro atoms. The number of hydrogen-bond acceptors (Lipinski definition) is 6. The van der Waals surface area contributed by atoms with Crippen LogP contribution in [0, 0.1) is 11.3 Å². The first kappa shape index (κ1) is 13.5. The van der Waals surface area contributed by atoms with E-state index >= 15 is 0 Å². The molecule has 6 heteroatoms. The number of hydrogen-bond donors (Lipinski definition) is 1. The van der Waals surface area contributed by atoms with E-state index in [9.17, 15) is 15.2 Å². The molecule has 0 aliphatic rings. The van der Waals surface area contributed by atoms with Gasteiger partial charge >= 0.3 is 0 Å². The number of allylic oxidation sites excluding steroid dienone is 1. The zero-order chi connectivity index (χ0) is 14.8. The lowest BCUT2D eigenvalue weighted by Crippen LogP contribution is -2.07. The highest BCUT2D eigenvalue weighted by Crippen LogP contribution is 2.29. The number of thiophene rings is 1. The fourth-order valence-corrected chi connectivity index (χ4v) is 3.52. The molecule has 0 saturated carbocycles. The van der Waals surface area contributed by atoms with Gasteiger partial charge in [0.1, 0.15) is 16.6 Å². The average molecular weight is 312 g/mol. The van der Waals surface area contributed by atoms with Crippen molar-refractivity contribution < 1.29 is 5.11 Å². The van der Waals surface area contributed by atoms with Gasteiger partial charge in [-0.05, 0) is 23.6 Å². The fraction of sp³-hybridized carbons (Fsp3) is 0. The lowest BCUT2D eigenvalue weighted by molar-refractivity contribution is 0.516. The van der Waals surface area contributed by atoms with Crippen LogP contribution in [-0.2, 0) is 0 Å². The summed E-state index contributed by atoms with van der Waals surface area (Å²) in [7, 11) is 0. The third-order valence-electron chi connectivity index (χ3n) is 2.84. The summed E-state index contributed by atoms with van der Waals surface area (Å²) in [4.78, 5) is 16.5. The van der Waals surface area contributed by atoms with Crippen LogP contribution in [0.3, 0.4) is 0 Å². The van der Waals surface area contributed by atoms with Gasteiger partial charge in [-0.1, -0.05) is 18.2 Å². The quantitative estimate of drug-likeness (QED) is 0.579. The van der Waals surface area contributed by atoms with E-state index in [1.807, 2.05) is 12.1 Å². The molecule has 2 heterocycles.